The van der Waals surface area contributed by atoms with Crippen molar-refractivity contribution in [3.63, 3.8) is 0 Å². The first kappa shape index (κ1) is 26.7. The molecule has 0 spiro atoms. The van der Waals surface area contributed by atoms with Gasteiger partial charge in [-0.1, -0.05) is 12.1 Å². The van der Waals surface area contributed by atoms with Gasteiger partial charge in [-0.25, -0.2) is 4.98 Å². The number of halogens is 3. The number of anilines is 3. The molecular weight excluding hydrogens is 528 g/mol. The Hall–Kier alpha value is -4.36. The Balaban J connectivity index is 1.59. The number of nitro benzene ring substituents is 1. The minimum absolute atomic E-state index is 0.0268. The van der Waals surface area contributed by atoms with Crippen molar-refractivity contribution in [3.05, 3.63) is 82.0 Å². The van der Waals surface area contributed by atoms with Gasteiger partial charge in [-0.2, -0.15) is 0 Å². The molecule has 2 amide bonds. The summed E-state index contributed by atoms with van der Waals surface area (Å²) < 4.78 is 29.8. The minimum atomic E-state index is -3.88. The highest BCUT2D eigenvalue weighted by Gasteiger charge is 2.28. The zero-order chi connectivity index (χ0) is 27.4. The Morgan fingerprint density at radius 1 is 1.16 bits per heavy atom. The number of hydrogen-bond donors (Lipinski definition) is 3. The fraction of sp³-hybridized carbons (Fsp3) is 0.208. The molecule has 198 valence electrons. The van der Waals surface area contributed by atoms with Crippen LogP contribution in [-0.2, 0) is 0 Å². The van der Waals surface area contributed by atoms with Crippen LogP contribution < -0.4 is 20.3 Å². The molecule has 2 heterocycles. The standard InChI is InChI=1S/C24H20ClF2N5O6/c25-24(26,27)38-17-7-5-15(6-8-17)29-22(34)14-11-19(21(28-12-14)31-10-9-16(33)13-31)30-23(35)18-3-1-2-4-20(18)32(36)37/h1-8,11-12,16,33H,9-10,13H2,(H,29,34)(H,30,35)/t16-/m1/s1. The Morgan fingerprint density at radius 2 is 1.87 bits per heavy atom. The van der Waals surface area contributed by atoms with Crippen LogP contribution in [-0.4, -0.2) is 51.6 Å². The Bertz CT molecular complexity index is 1370. The topological polar surface area (TPSA) is 147 Å². The fourth-order valence-corrected chi connectivity index (χ4v) is 3.91. The molecule has 1 atom stereocenters. The Kier molecular flexibility index (Phi) is 7.69. The second kappa shape index (κ2) is 10.9. The van der Waals surface area contributed by atoms with Gasteiger partial charge in [0.15, 0.2) is 5.82 Å². The number of carbonyl (C=O) groups excluding carboxylic acids is 2. The monoisotopic (exact) mass is 547 g/mol. The number of benzene rings is 2. The molecule has 2 aromatic carbocycles. The maximum absolute atomic E-state index is 13.0. The number of amides is 2. The van der Waals surface area contributed by atoms with Gasteiger partial charge in [-0.15, -0.1) is 8.78 Å². The van der Waals surface area contributed by atoms with Gasteiger partial charge >= 0.3 is 5.57 Å². The first-order chi connectivity index (χ1) is 18.0. The van der Waals surface area contributed by atoms with E-state index in [1.165, 1.54) is 60.8 Å². The van der Waals surface area contributed by atoms with Gasteiger partial charge in [0.25, 0.3) is 17.5 Å². The molecule has 1 aromatic heterocycles. The molecule has 14 heteroatoms. The third-order valence-electron chi connectivity index (χ3n) is 5.53. The number of alkyl halides is 3. The minimum Gasteiger partial charge on any atom is -0.420 e. The van der Waals surface area contributed by atoms with Crippen molar-refractivity contribution >= 4 is 46.3 Å². The smallest absolute Gasteiger partial charge is 0.420 e. The van der Waals surface area contributed by atoms with Crippen molar-refractivity contribution in [2.75, 3.05) is 28.6 Å². The van der Waals surface area contributed by atoms with E-state index < -0.39 is 34.1 Å². The van der Waals surface area contributed by atoms with E-state index in [9.17, 15) is 33.6 Å². The number of hydrogen-bond acceptors (Lipinski definition) is 8. The third-order valence-corrected chi connectivity index (χ3v) is 5.61. The molecule has 0 saturated carbocycles. The molecule has 0 aliphatic carbocycles. The highest BCUT2D eigenvalue weighted by molar-refractivity contribution is 6.20. The number of para-hydroxylation sites is 1. The van der Waals surface area contributed by atoms with Crippen LogP contribution >= 0.6 is 11.6 Å². The van der Waals surface area contributed by atoms with Crippen molar-refractivity contribution in [1.82, 2.24) is 4.98 Å². The Morgan fingerprint density at radius 3 is 2.50 bits per heavy atom. The lowest BCUT2D eigenvalue weighted by molar-refractivity contribution is -0.385. The molecule has 1 aliphatic heterocycles. The van der Waals surface area contributed by atoms with Crippen LogP contribution in [0.4, 0.5) is 31.7 Å². The largest absolute Gasteiger partial charge is 0.487 e. The molecule has 38 heavy (non-hydrogen) atoms. The van der Waals surface area contributed by atoms with E-state index in [4.69, 9.17) is 11.6 Å². The average molecular weight is 548 g/mol. The number of nitrogens with one attached hydrogen (secondary N) is 2. The molecule has 11 nitrogen and oxygen atoms in total. The summed E-state index contributed by atoms with van der Waals surface area (Å²) in [4.78, 5) is 42.6. The van der Waals surface area contributed by atoms with Gasteiger partial charge in [0, 0.05) is 42.6 Å². The van der Waals surface area contributed by atoms with Gasteiger partial charge in [0.1, 0.15) is 11.3 Å². The fourth-order valence-electron chi connectivity index (χ4n) is 3.82. The van der Waals surface area contributed by atoms with E-state index in [0.717, 1.165) is 0 Å². The lowest BCUT2D eigenvalue weighted by atomic mass is 10.1. The van der Waals surface area contributed by atoms with E-state index in [-0.39, 0.29) is 40.6 Å². The summed E-state index contributed by atoms with van der Waals surface area (Å²) in [5.74, 6) is -1.37. The highest BCUT2D eigenvalue weighted by Crippen LogP contribution is 2.30. The summed E-state index contributed by atoms with van der Waals surface area (Å²) in [6.45, 7) is 0.673. The molecule has 1 aliphatic rings. The Labute approximate surface area is 219 Å². The van der Waals surface area contributed by atoms with Crippen LogP contribution in [0.1, 0.15) is 27.1 Å². The van der Waals surface area contributed by atoms with E-state index in [2.05, 4.69) is 20.4 Å². The molecule has 0 radical (unpaired) electrons. The predicted octanol–water partition coefficient (Wildman–Crippen LogP) is 4.23. The molecule has 1 fully saturated rings. The number of β-amino-alcohol motifs (C(OH)–C–C–N with tert-alkyl or cyclic N) is 1. The van der Waals surface area contributed by atoms with E-state index >= 15 is 0 Å². The van der Waals surface area contributed by atoms with Crippen LogP contribution in [0.3, 0.4) is 0 Å². The van der Waals surface area contributed by atoms with Crippen LogP contribution in [0.25, 0.3) is 0 Å². The molecule has 0 bridgehead atoms. The van der Waals surface area contributed by atoms with Crippen molar-refractivity contribution in [1.29, 1.82) is 0 Å². The molecule has 3 N–H and O–H groups in total. The SMILES string of the molecule is O=C(Nc1ccc(OC(F)(F)Cl)cc1)c1cnc(N2CC[C@@H](O)C2)c(NC(=O)c2ccccc2[N+](=O)[O-])c1. The number of aliphatic hydroxyl groups is 1. The van der Waals surface area contributed by atoms with Crippen LogP contribution in [0, 0.1) is 10.1 Å². The van der Waals surface area contributed by atoms with Crippen molar-refractivity contribution < 1.29 is 33.1 Å². The summed E-state index contributed by atoms with van der Waals surface area (Å²) >= 11 is 4.74. The lowest BCUT2D eigenvalue weighted by Gasteiger charge is -2.21. The summed E-state index contributed by atoms with van der Waals surface area (Å²) in [6, 6.07) is 11.8. The molecule has 4 rings (SSSR count). The quantitative estimate of drug-likeness (QED) is 0.216. The highest BCUT2D eigenvalue weighted by atomic mass is 35.5. The van der Waals surface area contributed by atoms with Crippen LogP contribution in [0.5, 0.6) is 5.75 Å². The zero-order valence-corrected chi connectivity index (χ0v) is 20.2. The summed E-state index contributed by atoms with van der Waals surface area (Å²) in [5.41, 5.74) is -4.10. The number of aliphatic hydroxyl groups excluding tert-OH is 1. The number of carbonyl (C=O) groups is 2. The van der Waals surface area contributed by atoms with Gasteiger partial charge in [0.05, 0.1) is 22.3 Å². The maximum atomic E-state index is 13.0. The maximum Gasteiger partial charge on any atom is 0.487 e. The van der Waals surface area contributed by atoms with E-state index in [0.29, 0.717) is 13.0 Å². The average Bonchev–Trinajstić information content (AvgIpc) is 3.30. The van der Waals surface area contributed by atoms with Crippen LogP contribution in [0.2, 0.25) is 0 Å². The van der Waals surface area contributed by atoms with E-state index in [1.54, 1.807) is 4.90 Å². The normalized spacial score (nSPS) is 15.2. The number of aromatic nitrogens is 1. The van der Waals surface area contributed by atoms with Gasteiger partial charge < -0.3 is 25.4 Å². The summed E-state index contributed by atoms with van der Waals surface area (Å²) in [5, 5.41) is 26.5. The first-order valence-electron chi connectivity index (χ1n) is 11.1. The number of rotatable bonds is 8. The van der Waals surface area contributed by atoms with Crippen molar-refractivity contribution in [2.24, 2.45) is 0 Å². The zero-order valence-electron chi connectivity index (χ0n) is 19.4. The number of ether oxygens (including phenoxy) is 1. The molecule has 3 aromatic rings. The van der Waals surface area contributed by atoms with Gasteiger partial charge in [0.2, 0.25) is 0 Å². The second-order valence-corrected chi connectivity index (χ2v) is 8.68. The number of nitro groups is 1. The predicted molar refractivity (Wildman–Crippen MR) is 134 cm³/mol. The van der Waals surface area contributed by atoms with Gasteiger partial charge in [-0.05, 0) is 42.8 Å². The number of pyridine rings is 1. The molecule has 0 unspecified atom stereocenters. The van der Waals surface area contributed by atoms with E-state index in [1.807, 2.05) is 0 Å². The number of nitrogens with zero attached hydrogens (tertiary/aromatic N) is 3. The molecule has 1 saturated heterocycles. The lowest BCUT2D eigenvalue weighted by Crippen LogP contribution is -2.25. The summed E-state index contributed by atoms with van der Waals surface area (Å²) in [6.07, 6.45) is 1.13. The van der Waals surface area contributed by atoms with Gasteiger partial charge in [-0.3, -0.25) is 19.7 Å². The second-order valence-electron chi connectivity index (χ2n) is 8.24. The third kappa shape index (κ3) is 6.49. The van der Waals surface area contributed by atoms with Crippen LogP contribution in [0.15, 0.2) is 60.8 Å². The first-order valence-corrected chi connectivity index (χ1v) is 11.5. The molecular formula is C24H20ClF2N5O6. The van der Waals surface area contributed by atoms with Crippen molar-refractivity contribution in [2.45, 2.75) is 18.1 Å². The van der Waals surface area contributed by atoms with Crippen molar-refractivity contribution in [3.8, 4) is 5.75 Å². The summed E-state index contributed by atoms with van der Waals surface area (Å²) in [7, 11) is 0.